The van der Waals surface area contributed by atoms with Gasteiger partial charge in [-0.1, -0.05) is 0 Å². The van der Waals surface area contributed by atoms with Crippen LogP contribution < -0.4 is 11.3 Å². The van der Waals surface area contributed by atoms with Gasteiger partial charge in [0.2, 0.25) is 5.96 Å². The number of morpholine rings is 1. The number of nitrogens with zero attached hydrogens (tertiary/aromatic N) is 2. The van der Waals surface area contributed by atoms with E-state index in [1.165, 1.54) is 12.8 Å². The highest BCUT2D eigenvalue weighted by Gasteiger charge is 2.34. The minimum absolute atomic E-state index is 0.379. The number of ether oxygens (including phenoxy) is 1. The van der Waals surface area contributed by atoms with Crippen molar-refractivity contribution in [2.45, 2.75) is 32.0 Å². The monoisotopic (exact) mass is 198 g/mol. The molecule has 0 spiro atoms. The molecule has 5 nitrogen and oxygen atoms in total. The van der Waals surface area contributed by atoms with Gasteiger partial charge in [-0.05, 0) is 19.8 Å². The molecule has 0 aromatic carbocycles. The highest BCUT2D eigenvalue weighted by atomic mass is 16.5. The van der Waals surface area contributed by atoms with E-state index in [4.69, 9.17) is 10.6 Å². The van der Waals surface area contributed by atoms with Crippen LogP contribution in [0.25, 0.3) is 0 Å². The predicted octanol–water partition coefficient (Wildman–Crippen LogP) is -0.311. The van der Waals surface area contributed by atoms with Gasteiger partial charge in [-0.25, -0.2) is 5.84 Å². The smallest absolute Gasteiger partial charge is 0.208 e. The molecule has 3 N–H and O–H groups in total. The van der Waals surface area contributed by atoms with E-state index in [0.717, 1.165) is 25.6 Å². The van der Waals surface area contributed by atoms with Crippen molar-refractivity contribution in [3.8, 4) is 0 Å². The number of rotatable bonds is 1. The standard InChI is InChI=1S/C9H18N4O/c1-2-11-9(12-10)13-5-7-3-4-8(6-13)14-7/h7-8H,2-6,10H2,1H3,(H,11,12). The molecule has 2 unspecified atom stereocenters. The molecule has 2 atom stereocenters. The Morgan fingerprint density at radius 1 is 1.50 bits per heavy atom. The summed E-state index contributed by atoms with van der Waals surface area (Å²) < 4.78 is 5.74. The number of nitrogens with two attached hydrogens (primary N) is 1. The van der Waals surface area contributed by atoms with Crippen molar-refractivity contribution in [1.82, 2.24) is 10.3 Å². The highest BCUT2D eigenvalue weighted by Crippen LogP contribution is 2.25. The lowest BCUT2D eigenvalue weighted by molar-refractivity contribution is -0.0168. The highest BCUT2D eigenvalue weighted by molar-refractivity contribution is 5.79. The first-order chi connectivity index (χ1) is 6.83. The molecule has 2 heterocycles. The van der Waals surface area contributed by atoms with E-state index in [-0.39, 0.29) is 0 Å². The van der Waals surface area contributed by atoms with Gasteiger partial charge in [0.15, 0.2) is 0 Å². The fraction of sp³-hybridized carbons (Fsp3) is 0.889. The van der Waals surface area contributed by atoms with Gasteiger partial charge < -0.3 is 9.64 Å². The van der Waals surface area contributed by atoms with Crippen LogP contribution in [0.4, 0.5) is 0 Å². The average Bonchev–Trinajstić information content (AvgIpc) is 2.54. The van der Waals surface area contributed by atoms with Crippen LogP contribution in [0.15, 0.2) is 4.99 Å². The number of fused-ring (bicyclic) bond motifs is 2. The van der Waals surface area contributed by atoms with E-state index in [0.29, 0.717) is 12.2 Å². The third-order valence-electron chi connectivity index (χ3n) is 2.78. The second-order valence-corrected chi connectivity index (χ2v) is 3.80. The number of likely N-dealkylation sites (tertiary alicyclic amines) is 1. The zero-order valence-corrected chi connectivity index (χ0v) is 8.57. The van der Waals surface area contributed by atoms with Crippen LogP contribution in [0.5, 0.6) is 0 Å². The predicted molar refractivity (Wildman–Crippen MR) is 54.8 cm³/mol. The summed E-state index contributed by atoms with van der Waals surface area (Å²) >= 11 is 0. The molecule has 14 heavy (non-hydrogen) atoms. The maximum absolute atomic E-state index is 5.74. The number of guanidine groups is 1. The summed E-state index contributed by atoms with van der Waals surface area (Å²) in [6.07, 6.45) is 3.10. The Kier molecular flexibility index (Phi) is 2.88. The van der Waals surface area contributed by atoms with Crippen LogP contribution in [-0.4, -0.2) is 42.7 Å². The van der Waals surface area contributed by atoms with E-state index in [2.05, 4.69) is 15.3 Å². The van der Waals surface area contributed by atoms with Crippen molar-refractivity contribution in [2.24, 2.45) is 10.8 Å². The molecule has 0 amide bonds. The number of hydrogen-bond donors (Lipinski definition) is 2. The minimum Gasteiger partial charge on any atom is -0.371 e. The average molecular weight is 198 g/mol. The third-order valence-corrected chi connectivity index (χ3v) is 2.78. The van der Waals surface area contributed by atoms with Crippen LogP contribution in [0.2, 0.25) is 0 Å². The van der Waals surface area contributed by atoms with Gasteiger partial charge in [-0.3, -0.25) is 10.4 Å². The van der Waals surface area contributed by atoms with Gasteiger partial charge >= 0.3 is 0 Å². The molecule has 2 aliphatic heterocycles. The van der Waals surface area contributed by atoms with E-state index in [9.17, 15) is 0 Å². The van der Waals surface area contributed by atoms with E-state index < -0.39 is 0 Å². The maximum Gasteiger partial charge on any atom is 0.208 e. The molecule has 0 aliphatic carbocycles. The van der Waals surface area contributed by atoms with Crippen molar-refractivity contribution >= 4 is 5.96 Å². The molecule has 5 heteroatoms. The lowest BCUT2D eigenvalue weighted by Gasteiger charge is -2.33. The Morgan fingerprint density at radius 3 is 2.64 bits per heavy atom. The number of aliphatic imine (C=N–C) groups is 1. The molecule has 2 saturated heterocycles. The zero-order chi connectivity index (χ0) is 9.97. The van der Waals surface area contributed by atoms with Crippen molar-refractivity contribution in [1.29, 1.82) is 0 Å². The minimum atomic E-state index is 0.379. The van der Waals surface area contributed by atoms with E-state index in [1.807, 2.05) is 6.92 Å². The molecule has 2 bridgehead atoms. The van der Waals surface area contributed by atoms with Crippen molar-refractivity contribution in [2.75, 3.05) is 19.6 Å². The Morgan fingerprint density at radius 2 is 2.14 bits per heavy atom. The number of nitrogens with one attached hydrogen (secondary N) is 1. The van der Waals surface area contributed by atoms with Gasteiger partial charge in [0.05, 0.1) is 12.2 Å². The zero-order valence-electron chi connectivity index (χ0n) is 8.57. The van der Waals surface area contributed by atoms with Crippen molar-refractivity contribution in [3.05, 3.63) is 0 Å². The van der Waals surface area contributed by atoms with Crippen LogP contribution >= 0.6 is 0 Å². The first-order valence-electron chi connectivity index (χ1n) is 5.25. The Labute approximate surface area is 84.3 Å². The van der Waals surface area contributed by atoms with Gasteiger partial charge in [0.25, 0.3) is 0 Å². The summed E-state index contributed by atoms with van der Waals surface area (Å²) in [6.45, 7) is 4.59. The fourth-order valence-corrected chi connectivity index (χ4v) is 2.17. The van der Waals surface area contributed by atoms with Gasteiger partial charge in [-0.2, -0.15) is 0 Å². The van der Waals surface area contributed by atoms with E-state index in [1.54, 1.807) is 0 Å². The second kappa shape index (κ2) is 4.14. The Balaban J connectivity index is 2.00. The molecule has 2 fully saturated rings. The lowest BCUT2D eigenvalue weighted by atomic mass is 10.2. The van der Waals surface area contributed by atoms with Crippen LogP contribution in [0, 0.1) is 0 Å². The summed E-state index contributed by atoms with van der Waals surface area (Å²) in [5, 5.41) is 0. The number of hydrogen-bond acceptors (Lipinski definition) is 3. The SMILES string of the molecule is CCN=C(NN)N1CC2CCC(C1)O2. The van der Waals surface area contributed by atoms with Gasteiger partial charge in [0, 0.05) is 19.6 Å². The molecule has 2 rings (SSSR count). The van der Waals surface area contributed by atoms with Gasteiger partial charge in [-0.15, -0.1) is 0 Å². The number of hydrazine groups is 1. The van der Waals surface area contributed by atoms with E-state index >= 15 is 0 Å². The molecule has 0 aromatic rings. The lowest BCUT2D eigenvalue weighted by Crippen LogP contribution is -2.52. The largest absolute Gasteiger partial charge is 0.371 e. The van der Waals surface area contributed by atoms with Gasteiger partial charge in [0.1, 0.15) is 0 Å². The third kappa shape index (κ3) is 1.83. The summed E-state index contributed by atoms with van der Waals surface area (Å²) in [5.74, 6) is 6.24. The first kappa shape index (κ1) is 9.73. The maximum atomic E-state index is 5.74. The molecule has 0 saturated carbocycles. The molecular weight excluding hydrogens is 180 g/mol. The second-order valence-electron chi connectivity index (χ2n) is 3.80. The first-order valence-corrected chi connectivity index (χ1v) is 5.25. The topological polar surface area (TPSA) is 62.9 Å². The quantitative estimate of drug-likeness (QED) is 0.262. The Hall–Kier alpha value is -0.810. The summed E-state index contributed by atoms with van der Waals surface area (Å²) in [7, 11) is 0. The van der Waals surface area contributed by atoms with Crippen LogP contribution in [0.3, 0.4) is 0 Å². The molecular formula is C9H18N4O. The molecule has 2 aliphatic rings. The molecule has 0 aromatic heterocycles. The van der Waals surface area contributed by atoms with Crippen molar-refractivity contribution < 1.29 is 4.74 Å². The summed E-state index contributed by atoms with van der Waals surface area (Å²) in [6, 6.07) is 0. The van der Waals surface area contributed by atoms with Crippen LogP contribution in [0.1, 0.15) is 19.8 Å². The van der Waals surface area contributed by atoms with Crippen LogP contribution in [-0.2, 0) is 4.74 Å². The fourth-order valence-electron chi connectivity index (χ4n) is 2.17. The molecule has 0 radical (unpaired) electrons. The summed E-state index contributed by atoms with van der Waals surface area (Å²) in [4.78, 5) is 6.50. The Bertz CT molecular complexity index is 219. The normalized spacial score (nSPS) is 32.1. The molecule has 80 valence electrons. The van der Waals surface area contributed by atoms with Crippen molar-refractivity contribution in [3.63, 3.8) is 0 Å². The summed E-state index contributed by atoms with van der Waals surface area (Å²) in [5.41, 5.74) is 2.66.